The van der Waals surface area contributed by atoms with E-state index >= 15 is 0 Å². The number of rotatable bonds is 4. The fraction of sp³-hybridized carbons (Fsp3) is 0.333. The predicted molar refractivity (Wildman–Crippen MR) is 98.1 cm³/mol. The Morgan fingerprint density at radius 1 is 1.00 bits per heavy atom. The van der Waals surface area contributed by atoms with Gasteiger partial charge in [0, 0.05) is 24.1 Å². The minimum Gasteiger partial charge on any atom is -0.406 e. The van der Waals surface area contributed by atoms with Gasteiger partial charge in [-0.25, -0.2) is 8.42 Å². The smallest absolute Gasteiger partial charge is 0.406 e. The van der Waals surface area contributed by atoms with Crippen molar-refractivity contribution in [1.29, 1.82) is 0 Å². The molecule has 0 radical (unpaired) electrons. The molecule has 9 heteroatoms. The molecule has 1 aliphatic heterocycles. The maximum atomic E-state index is 12.8. The Balaban J connectivity index is 1.71. The zero-order chi connectivity index (χ0) is 19.5. The van der Waals surface area contributed by atoms with Crippen LogP contribution in [-0.4, -0.2) is 37.9 Å². The largest absolute Gasteiger partial charge is 0.573 e. The lowest BCUT2D eigenvalue weighted by Crippen LogP contribution is -2.33. The summed E-state index contributed by atoms with van der Waals surface area (Å²) in [4.78, 5) is -0.0415. The van der Waals surface area contributed by atoms with E-state index < -0.39 is 22.1 Å². The van der Waals surface area contributed by atoms with E-state index in [4.69, 9.17) is 0 Å². The lowest BCUT2D eigenvalue weighted by Gasteiger charge is -2.20. The summed E-state index contributed by atoms with van der Waals surface area (Å²) in [6.45, 7) is 0.715. The van der Waals surface area contributed by atoms with Gasteiger partial charge in [-0.2, -0.15) is 16.1 Å². The minimum absolute atomic E-state index is 0.0415. The molecule has 4 nitrogen and oxygen atoms in total. The van der Waals surface area contributed by atoms with Crippen LogP contribution in [0.2, 0.25) is 0 Å². The second-order valence-electron chi connectivity index (χ2n) is 5.98. The van der Waals surface area contributed by atoms with Crippen LogP contribution in [0.3, 0.4) is 0 Å². The molecule has 146 valence electrons. The van der Waals surface area contributed by atoms with Crippen LogP contribution < -0.4 is 4.74 Å². The Labute approximate surface area is 160 Å². The Morgan fingerprint density at radius 3 is 2.30 bits per heavy atom. The number of alkyl halides is 3. The van der Waals surface area contributed by atoms with Gasteiger partial charge in [-0.15, -0.1) is 13.2 Å². The van der Waals surface area contributed by atoms with Crippen LogP contribution in [0, 0.1) is 0 Å². The number of nitrogens with zero attached hydrogens (tertiary/aromatic N) is 1. The molecule has 0 aliphatic carbocycles. The molecule has 0 N–H and O–H groups in total. The third kappa shape index (κ3) is 5.18. The van der Waals surface area contributed by atoms with E-state index in [0.717, 1.165) is 29.8 Å². The van der Waals surface area contributed by atoms with Crippen molar-refractivity contribution in [3.63, 3.8) is 0 Å². The first-order chi connectivity index (χ1) is 12.8. The van der Waals surface area contributed by atoms with Gasteiger partial charge in [0.2, 0.25) is 10.0 Å². The summed E-state index contributed by atoms with van der Waals surface area (Å²) < 4.78 is 67.6. The van der Waals surface area contributed by atoms with Crippen LogP contribution in [0.25, 0.3) is 0 Å². The minimum atomic E-state index is -4.81. The Hall–Kier alpha value is -1.71. The summed E-state index contributed by atoms with van der Waals surface area (Å²) in [6, 6.07) is 14.2. The lowest BCUT2D eigenvalue weighted by molar-refractivity contribution is -0.274. The first-order valence-electron chi connectivity index (χ1n) is 8.28. The van der Waals surface area contributed by atoms with Gasteiger partial charge in [0.15, 0.2) is 0 Å². The second kappa shape index (κ2) is 8.12. The van der Waals surface area contributed by atoms with Gasteiger partial charge < -0.3 is 4.74 Å². The fourth-order valence-electron chi connectivity index (χ4n) is 2.89. The Bertz CT molecular complexity index is 856. The summed E-state index contributed by atoms with van der Waals surface area (Å²) in [7, 11) is -3.77. The van der Waals surface area contributed by atoms with Crippen LogP contribution in [0.15, 0.2) is 59.5 Å². The highest BCUT2D eigenvalue weighted by molar-refractivity contribution is 7.99. The monoisotopic (exact) mass is 417 g/mol. The van der Waals surface area contributed by atoms with E-state index in [-0.39, 0.29) is 10.1 Å². The highest BCUT2D eigenvalue weighted by Gasteiger charge is 2.32. The van der Waals surface area contributed by atoms with Crippen molar-refractivity contribution in [2.24, 2.45) is 0 Å². The summed E-state index contributed by atoms with van der Waals surface area (Å²) in [5, 5.41) is 0.217. The predicted octanol–water partition coefficient (Wildman–Crippen LogP) is 4.45. The molecule has 0 bridgehead atoms. The number of sulfonamides is 1. The van der Waals surface area contributed by atoms with E-state index in [0.29, 0.717) is 25.3 Å². The average Bonchev–Trinajstić information content (AvgIpc) is 2.88. The standard InChI is InChI=1S/C18H18F3NO3S2/c19-18(20,21)25-15-6-8-16(9-7-15)27(23,24)22-11-10-17(26-13-12-22)14-4-2-1-3-5-14/h1-9,17H,10-13H2. The van der Waals surface area contributed by atoms with Crippen molar-refractivity contribution >= 4 is 21.8 Å². The molecule has 0 aromatic heterocycles. The number of hydrogen-bond donors (Lipinski definition) is 0. The second-order valence-corrected chi connectivity index (χ2v) is 9.23. The van der Waals surface area contributed by atoms with Crippen LogP contribution in [0.1, 0.15) is 17.2 Å². The zero-order valence-corrected chi connectivity index (χ0v) is 15.9. The Morgan fingerprint density at radius 2 is 1.67 bits per heavy atom. The van der Waals surface area contributed by atoms with Crippen LogP contribution in [-0.2, 0) is 10.0 Å². The normalized spacial score (nSPS) is 19.4. The zero-order valence-electron chi connectivity index (χ0n) is 14.2. The van der Waals surface area contributed by atoms with Gasteiger partial charge in [-0.1, -0.05) is 30.3 Å². The third-order valence-corrected chi connectivity index (χ3v) is 7.41. The van der Waals surface area contributed by atoms with E-state index in [1.54, 1.807) is 11.8 Å². The lowest BCUT2D eigenvalue weighted by atomic mass is 10.1. The molecule has 2 aromatic rings. The molecule has 1 atom stereocenters. The molecule has 1 saturated heterocycles. The Kier molecular flexibility index (Phi) is 6.02. The molecule has 1 heterocycles. The van der Waals surface area contributed by atoms with Gasteiger partial charge in [-0.05, 0) is 36.2 Å². The van der Waals surface area contributed by atoms with Crippen LogP contribution in [0.4, 0.5) is 13.2 Å². The van der Waals surface area contributed by atoms with Gasteiger partial charge in [-0.3, -0.25) is 0 Å². The summed E-state index contributed by atoms with van der Waals surface area (Å²) in [5.41, 5.74) is 1.16. The van der Waals surface area contributed by atoms with Crippen molar-refractivity contribution in [2.45, 2.75) is 22.9 Å². The molecule has 2 aromatic carbocycles. The van der Waals surface area contributed by atoms with E-state index in [1.807, 2.05) is 30.3 Å². The quantitative estimate of drug-likeness (QED) is 0.737. The van der Waals surface area contributed by atoms with Crippen LogP contribution in [0.5, 0.6) is 5.75 Å². The van der Waals surface area contributed by atoms with Crippen molar-refractivity contribution < 1.29 is 26.3 Å². The number of ether oxygens (including phenoxy) is 1. The van der Waals surface area contributed by atoms with Crippen molar-refractivity contribution in [1.82, 2.24) is 4.31 Å². The molecule has 3 rings (SSSR count). The molecular weight excluding hydrogens is 399 g/mol. The molecule has 0 saturated carbocycles. The molecule has 1 aliphatic rings. The summed E-state index contributed by atoms with van der Waals surface area (Å²) >= 11 is 1.71. The van der Waals surface area contributed by atoms with E-state index in [1.165, 1.54) is 4.31 Å². The maximum Gasteiger partial charge on any atom is 0.573 e. The number of halogens is 3. The molecular formula is C18H18F3NO3S2. The highest BCUT2D eigenvalue weighted by atomic mass is 32.2. The number of hydrogen-bond acceptors (Lipinski definition) is 4. The van der Waals surface area contributed by atoms with Gasteiger partial charge in [0.1, 0.15) is 5.75 Å². The first kappa shape index (κ1) is 20.0. The molecule has 27 heavy (non-hydrogen) atoms. The fourth-order valence-corrected chi connectivity index (χ4v) is 5.69. The van der Waals surface area contributed by atoms with E-state index in [9.17, 15) is 21.6 Å². The third-order valence-electron chi connectivity index (χ3n) is 4.17. The topological polar surface area (TPSA) is 46.6 Å². The summed E-state index contributed by atoms with van der Waals surface area (Å²) in [5.74, 6) is 0.200. The van der Waals surface area contributed by atoms with Gasteiger partial charge >= 0.3 is 6.36 Å². The van der Waals surface area contributed by atoms with Gasteiger partial charge in [0.05, 0.1) is 4.90 Å². The molecule has 1 fully saturated rings. The first-order valence-corrected chi connectivity index (χ1v) is 10.8. The molecule has 0 amide bonds. The summed E-state index contributed by atoms with van der Waals surface area (Å²) in [6.07, 6.45) is -4.14. The highest BCUT2D eigenvalue weighted by Crippen LogP contribution is 2.35. The maximum absolute atomic E-state index is 12.8. The molecule has 1 unspecified atom stereocenters. The SMILES string of the molecule is O=S(=O)(c1ccc(OC(F)(F)F)cc1)N1CCSC(c2ccccc2)CC1. The van der Waals surface area contributed by atoms with Crippen molar-refractivity contribution in [2.75, 3.05) is 18.8 Å². The number of benzene rings is 2. The number of thioether (sulfide) groups is 1. The van der Waals surface area contributed by atoms with Gasteiger partial charge in [0.25, 0.3) is 0 Å². The average molecular weight is 417 g/mol. The molecule has 0 spiro atoms. The van der Waals surface area contributed by atoms with E-state index in [2.05, 4.69) is 4.74 Å². The van der Waals surface area contributed by atoms with Crippen molar-refractivity contribution in [3.8, 4) is 5.75 Å². The van der Waals surface area contributed by atoms with Crippen LogP contribution >= 0.6 is 11.8 Å². The van der Waals surface area contributed by atoms with Crippen molar-refractivity contribution in [3.05, 3.63) is 60.2 Å².